The number of carbonyl (C=O) groups is 1. The first-order chi connectivity index (χ1) is 11.7. The SMILES string of the molecule is COc1cccc(C(=O)N2CCC[C@@H]2CCc2ccnc(C)c2)c1. The molecule has 0 spiro atoms. The zero-order valence-electron chi connectivity index (χ0n) is 14.4. The summed E-state index contributed by atoms with van der Waals surface area (Å²) in [6, 6.07) is 11.9. The minimum atomic E-state index is 0.113. The van der Waals surface area contributed by atoms with Gasteiger partial charge in [0.15, 0.2) is 0 Å². The van der Waals surface area contributed by atoms with Crippen molar-refractivity contribution in [1.29, 1.82) is 0 Å². The molecular formula is C20H24N2O2. The number of methoxy groups -OCH3 is 1. The van der Waals surface area contributed by atoms with E-state index in [0.29, 0.717) is 11.6 Å². The van der Waals surface area contributed by atoms with E-state index in [-0.39, 0.29) is 5.91 Å². The quantitative estimate of drug-likeness (QED) is 0.843. The first-order valence-electron chi connectivity index (χ1n) is 8.54. The van der Waals surface area contributed by atoms with Gasteiger partial charge in [0.1, 0.15) is 5.75 Å². The van der Waals surface area contributed by atoms with Crippen LogP contribution in [-0.2, 0) is 6.42 Å². The second-order valence-electron chi connectivity index (χ2n) is 6.37. The second-order valence-corrected chi connectivity index (χ2v) is 6.37. The number of hydrogen-bond acceptors (Lipinski definition) is 3. The molecule has 1 aliphatic rings. The summed E-state index contributed by atoms with van der Waals surface area (Å²) >= 11 is 0. The largest absolute Gasteiger partial charge is 0.497 e. The van der Waals surface area contributed by atoms with Crippen molar-refractivity contribution in [1.82, 2.24) is 9.88 Å². The Labute approximate surface area is 143 Å². The summed E-state index contributed by atoms with van der Waals surface area (Å²) in [5.41, 5.74) is 3.05. The number of pyridine rings is 1. The van der Waals surface area contributed by atoms with Gasteiger partial charge in [0.05, 0.1) is 7.11 Å². The molecule has 1 saturated heterocycles. The summed E-state index contributed by atoms with van der Waals surface area (Å²) in [6.45, 7) is 2.85. The van der Waals surface area contributed by atoms with Gasteiger partial charge in [-0.1, -0.05) is 6.07 Å². The highest BCUT2D eigenvalue weighted by Gasteiger charge is 2.29. The van der Waals surface area contributed by atoms with Gasteiger partial charge in [0, 0.05) is 30.0 Å². The lowest BCUT2D eigenvalue weighted by Crippen LogP contribution is -2.35. The predicted octanol–water partition coefficient (Wildman–Crippen LogP) is 3.64. The van der Waals surface area contributed by atoms with Gasteiger partial charge in [-0.3, -0.25) is 9.78 Å². The minimum absolute atomic E-state index is 0.113. The van der Waals surface area contributed by atoms with E-state index in [4.69, 9.17) is 4.74 Å². The molecule has 1 atom stereocenters. The Kier molecular flexibility index (Phi) is 5.14. The van der Waals surface area contributed by atoms with Crippen molar-refractivity contribution < 1.29 is 9.53 Å². The summed E-state index contributed by atoms with van der Waals surface area (Å²) in [6.07, 6.45) is 6.00. The number of rotatable bonds is 5. The van der Waals surface area contributed by atoms with Gasteiger partial charge in [-0.15, -0.1) is 0 Å². The van der Waals surface area contributed by atoms with Crippen molar-refractivity contribution in [3.8, 4) is 5.75 Å². The first-order valence-corrected chi connectivity index (χ1v) is 8.54. The molecule has 0 N–H and O–H groups in total. The number of ether oxygens (including phenoxy) is 1. The zero-order chi connectivity index (χ0) is 16.9. The number of aromatic nitrogens is 1. The molecule has 0 unspecified atom stereocenters. The lowest BCUT2D eigenvalue weighted by atomic mass is 10.0. The molecule has 0 saturated carbocycles. The number of carbonyl (C=O) groups excluding carboxylic acids is 1. The summed E-state index contributed by atoms with van der Waals surface area (Å²) in [4.78, 5) is 19.1. The van der Waals surface area contributed by atoms with E-state index in [2.05, 4.69) is 17.1 Å². The van der Waals surface area contributed by atoms with Crippen molar-refractivity contribution in [3.63, 3.8) is 0 Å². The summed E-state index contributed by atoms with van der Waals surface area (Å²) in [7, 11) is 1.62. The highest BCUT2D eigenvalue weighted by molar-refractivity contribution is 5.95. The Balaban J connectivity index is 1.67. The molecule has 0 radical (unpaired) electrons. The third-order valence-electron chi connectivity index (χ3n) is 4.68. The van der Waals surface area contributed by atoms with Crippen LogP contribution in [0.1, 0.15) is 40.9 Å². The van der Waals surface area contributed by atoms with Crippen molar-refractivity contribution in [3.05, 3.63) is 59.4 Å². The van der Waals surface area contributed by atoms with Crippen LogP contribution in [0.3, 0.4) is 0 Å². The van der Waals surface area contributed by atoms with Crippen LogP contribution in [-0.4, -0.2) is 35.5 Å². The molecule has 3 rings (SSSR count). The Morgan fingerprint density at radius 2 is 2.21 bits per heavy atom. The van der Waals surface area contributed by atoms with E-state index >= 15 is 0 Å². The number of benzene rings is 1. The van der Waals surface area contributed by atoms with Gasteiger partial charge in [-0.2, -0.15) is 0 Å². The molecule has 24 heavy (non-hydrogen) atoms. The monoisotopic (exact) mass is 324 g/mol. The van der Waals surface area contributed by atoms with Crippen LogP contribution in [0.15, 0.2) is 42.6 Å². The van der Waals surface area contributed by atoms with Crippen molar-refractivity contribution in [2.75, 3.05) is 13.7 Å². The molecule has 4 nitrogen and oxygen atoms in total. The third-order valence-corrected chi connectivity index (χ3v) is 4.68. The molecule has 1 amide bonds. The van der Waals surface area contributed by atoms with E-state index in [1.54, 1.807) is 7.11 Å². The average Bonchev–Trinajstić information content (AvgIpc) is 3.08. The number of aryl methyl sites for hydroxylation is 2. The fourth-order valence-corrected chi connectivity index (χ4v) is 3.42. The fraction of sp³-hybridized carbons (Fsp3) is 0.400. The molecule has 0 aliphatic carbocycles. The van der Waals surface area contributed by atoms with Gasteiger partial charge < -0.3 is 9.64 Å². The average molecular weight is 324 g/mol. The Hall–Kier alpha value is -2.36. The molecule has 2 heterocycles. The molecule has 1 aliphatic heterocycles. The molecule has 1 fully saturated rings. The van der Waals surface area contributed by atoms with Gasteiger partial charge >= 0.3 is 0 Å². The third kappa shape index (κ3) is 3.75. The normalized spacial score (nSPS) is 17.1. The number of hydrogen-bond donors (Lipinski definition) is 0. The number of nitrogens with zero attached hydrogens (tertiary/aromatic N) is 2. The van der Waals surface area contributed by atoms with Crippen LogP contribution in [0.25, 0.3) is 0 Å². The summed E-state index contributed by atoms with van der Waals surface area (Å²) in [5.74, 6) is 0.839. The number of amides is 1. The molecule has 0 bridgehead atoms. The van der Waals surface area contributed by atoms with Crippen molar-refractivity contribution in [2.24, 2.45) is 0 Å². The maximum atomic E-state index is 12.9. The van der Waals surface area contributed by atoms with Crippen LogP contribution in [0.2, 0.25) is 0 Å². The lowest BCUT2D eigenvalue weighted by molar-refractivity contribution is 0.0730. The van der Waals surface area contributed by atoms with Gasteiger partial charge in [-0.25, -0.2) is 0 Å². The molecule has 2 aromatic rings. The Morgan fingerprint density at radius 1 is 1.33 bits per heavy atom. The van der Waals surface area contributed by atoms with Crippen LogP contribution < -0.4 is 4.74 Å². The van der Waals surface area contributed by atoms with E-state index < -0.39 is 0 Å². The predicted molar refractivity (Wildman–Crippen MR) is 94.3 cm³/mol. The van der Waals surface area contributed by atoms with Crippen LogP contribution in [0.4, 0.5) is 0 Å². The first kappa shape index (κ1) is 16.5. The standard InChI is InChI=1S/C20H24N2O2/c1-15-13-16(10-11-21-15)8-9-18-6-4-12-22(18)20(23)17-5-3-7-19(14-17)24-2/h3,5,7,10-11,13-14,18H,4,6,8-9,12H2,1-2H3/t18-/m1/s1. The zero-order valence-corrected chi connectivity index (χ0v) is 14.4. The maximum Gasteiger partial charge on any atom is 0.254 e. The summed E-state index contributed by atoms with van der Waals surface area (Å²) < 4.78 is 5.23. The minimum Gasteiger partial charge on any atom is -0.497 e. The van der Waals surface area contributed by atoms with Crippen LogP contribution in [0.5, 0.6) is 5.75 Å². The van der Waals surface area contributed by atoms with E-state index in [9.17, 15) is 4.79 Å². The molecule has 4 heteroatoms. The van der Waals surface area contributed by atoms with Crippen LogP contribution in [0, 0.1) is 6.92 Å². The Morgan fingerprint density at radius 3 is 3.00 bits per heavy atom. The van der Waals surface area contributed by atoms with E-state index in [1.807, 2.05) is 42.3 Å². The molecular weight excluding hydrogens is 300 g/mol. The highest BCUT2D eigenvalue weighted by Crippen LogP contribution is 2.25. The van der Waals surface area contributed by atoms with E-state index in [0.717, 1.165) is 43.7 Å². The Bertz CT molecular complexity index is 714. The fourth-order valence-electron chi connectivity index (χ4n) is 3.42. The van der Waals surface area contributed by atoms with Gasteiger partial charge in [0.2, 0.25) is 0 Å². The second kappa shape index (κ2) is 7.47. The smallest absolute Gasteiger partial charge is 0.254 e. The maximum absolute atomic E-state index is 12.9. The van der Waals surface area contributed by atoms with Crippen molar-refractivity contribution in [2.45, 2.75) is 38.6 Å². The molecule has 126 valence electrons. The highest BCUT2D eigenvalue weighted by atomic mass is 16.5. The topological polar surface area (TPSA) is 42.4 Å². The molecule has 1 aromatic carbocycles. The number of likely N-dealkylation sites (tertiary alicyclic amines) is 1. The van der Waals surface area contributed by atoms with E-state index in [1.165, 1.54) is 5.56 Å². The molecule has 1 aromatic heterocycles. The van der Waals surface area contributed by atoms with Gasteiger partial charge in [0.25, 0.3) is 5.91 Å². The lowest BCUT2D eigenvalue weighted by Gasteiger charge is -2.25. The van der Waals surface area contributed by atoms with Crippen LogP contribution >= 0.6 is 0 Å². The van der Waals surface area contributed by atoms with Gasteiger partial charge in [-0.05, 0) is 68.5 Å². The summed E-state index contributed by atoms with van der Waals surface area (Å²) in [5, 5.41) is 0. The van der Waals surface area contributed by atoms with Crippen molar-refractivity contribution >= 4 is 5.91 Å².